The minimum Gasteiger partial charge on any atom is -0.370 e. The molecule has 0 aliphatic rings. The van der Waals surface area contributed by atoms with Gasteiger partial charge >= 0.3 is 0 Å². The zero-order valence-electron chi connectivity index (χ0n) is 15.9. The summed E-state index contributed by atoms with van der Waals surface area (Å²) in [7, 11) is 2.03. The lowest BCUT2D eigenvalue weighted by Gasteiger charge is -2.19. The van der Waals surface area contributed by atoms with E-state index >= 15 is 0 Å². The molecule has 0 fully saturated rings. The van der Waals surface area contributed by atoms with Crippen LogP contribution in [0.5, 0.6) is 0 Å². The van der Waals surface area contributed by atoms with E-state index in [9.17, 15) is 0 Å². The molecule has 1 atom stereocenters. The van der Waals surface area contributed by atoms with Crippen molar-refractivity contribution in [2.75, 3.05) is 25.2 Å². The quantitative estimate of drug-likeness (QED) is 0.614. The molecule has 0 spiro atoms. The van der Waals surface area contributed by atoms with Crippen LogP contribution in [0.4, 0.5) is 5.69 Å². The van der Waals surface area contributed by atoms with Gasteiger partial charge in [0.2, 0.25) is 0 Å². The number of aliphatic imine (C=N–C) groups is 2. The number of hydrogen-bond acceptors (Lipinski definition) is 6. The second-order valence-electron chi connectivity index (χ2n) is 6.51. The molecule has 2 heterocycles. The number of nitriles is 1. The molecule has 7 heteroatoms. The van der Waals surface area contributed by atoms with Gasteiger partial charge in [-0.3, -0.25) is 9.98 Å². The summed E-state index contributed by atoms with van der Waals surface area (Å²) in [5, 5.41) is 13.4. The number of benzene rings is 1. The van der Waals surface area contributed by atoms with Crippen LogP contribution in [-0.2, 0) is 6.54 Å². The van der Waals surface area contributed by atoms with Gasteiger partial charge in [-0.05, 0) is 48.7 Å². The highest BCUT2D eigenvalue weighted by Gasteiger charge is 2.15. The van der Waals surface area contributed by atoms with Gasteiger partial charge in [0.05, 0.1) is 36.6 Å². The molecular weight excluding hydrogens is 350 g/mol. The van der Waals surface area contributed by atoms with Crippen LogP contribution in [0.3, 0.4) is 0 Å². The standard InChI is InChI=1S/C21H23N7/c1-24-11-18(12-25-15-23)20-13-26-28-8-7-17(9-21(20)28)14-27(2)19-5-3-16(10-22)4-6-19/h3-9,12-13,18H,1,11,14-15,23H2,2H3/b25-12-. The molecule has 7 nitrogen and oxygen atoms in total. The van der Waals surface area contributed by atoms with Crippen molar-refractivity contribution in [3.63, 3.8) is 0 Å². The number of nitrogens with zero attached hydrogens (tertiary/aromatic N) is 6. The predicted molar refractivity (Wildman–Crippen MR) is 113 cm³/mol. The SMILES string of the molecule is C=NCC(/C=N\CN)c1cnn2ccc(CN(C)c3ccc(C#N)cc3)cc12. The molecule has 3 aromatic rings. The Morgan fingerprint density at radius 2 is 2.14 bits per heavy atom. The molecule has 142 valence electrons. The van der Waals surface area contributed by atoms with Crippen molar-refractivity contribution in [2.45, 2.75) is 12.5 Å². The van der Waals surface area contributed by atoms with Crippen molar-refractivity contribution in [1.82, 2.24) is 9.61 Å². The third kappa shape index (κ3) is 4.24. The number of rotatable bonds is 8. The molecule has 1 unspecified atom stereocenters. The van der Waals surface area contributed by atoms with Gasteiger partial charge in [0.25, 0.3) is 0 Å². The van der Waals surface area contributed by atoms with Crippen molar-refractivity contribution < 1.29 is 0 Å². The first-order valence-corrected chi connectivity index (χ1v) is 8.96. The van der Waals surface area contributed by atoms with E-state index < -0.39 is 0 Å². The monoisotopic (exact) mass is 373 g/mol. The van der Waals surface area contributed by atoms with Crippen LogP contribution < -0.4 is 10.6 Å². The summed E-state index contributed by atoms with van der Waals surface area (Å²) in [6, 6.07) is 13.9. The van der Waals surface area contributed by atoms with Crippen LogP contribution >= 0.6 is 0 Å². The fourth-order valence-corrected chi connectivity index (χ4v) is 3.14. The Hall–Kier alpha value is -3.50. The smallest absolute Gasteiger partial charge is 0.0991 e. The van der Waals surface area contributed by atoms with Crippen LogP contribution in [0, 0.1) is 11.3 Å². The van der Waals surface area contributed by atoms with Gasteiger partial charge in [-0.1, -0.05) is 0 Å². The van der Waals surface area contributed by atoms with Crippen molar-refractivity contribution in [2.24, 2.45) is 15.7 Å². The minimum atomic E-state index is -0.00921. The number of pyridine rings is 1. The van der Waals surface area contributed by atoms with E-state index in [1.807, 2.05) is 54.4 Å². The van der Waals surface area contributed by atoms with Gasteiger partial charge in [-0.25, -0.2) is 4.52 Å². The lowest BCUT2D eigenvalue weighted by atomic mass is 10.0. The van der Waals surface area contributed by atoms with Crippen molar-refractivity contribution in [1.29, 1.82) is 5.26 Å². The van der Waals surface area contributed by atoms with E-state index in [-0.39, 0.29) is 12.6 Å². The van der Waals surface area contributed by atoms with E-state index in [1.54, 1.807) is 0 Å². The summed E-state index contributed by atoms with van der Waals surface area (Å²) in [4.78, 5) is 10.3. The van der Waals surface area contributed by atoms with Crippen molar-refractivity contribution >= 4 is 24.1 Å². The number of aromatic nitrogens is 2. The van der Waals surface area contributed by atoms with E-state index in [0.29, 0.717) is 12.1 Å². The van der Waals surface area contributed by atoms with Crippen molar-refractivity contribution in [3.05, 3.63) is 65.5 Å². The first-order valence-electron chi connectivity index (χ1n) is 8.96. The van der Waals surface area contributed by atoms with E-state index in [1.165, 1.54) is 0 Å². The first-order chi connectivity index (χ1) is 13.7. The summed E-state index contributed by atoms with van der Waals surface area (Å²) in [6.07, 6.45) is 5.63. The van der Waals surface area contributed by atoms with Crippen LogP contribution in [0.1, 0.15) is 22.6 Å². The average molecular weight is 373 g/mol. The van der Waals surface area contributed by atoms with Gasteiger partial charge < -0.3 is 10.6 Å². The first kappa shape index (κ1) is 19.3. The topological polar surface area (TPSA) is 95.1 Å². The Bertz CT molecular complexity index is 1010. The van der Waals surface area contributed by atoms with Gasteiger partial charge in [0.15, 0.2) is 0 Å². The van der Waals surface area contributed by atoms with E-state index in [4.69, 9.17) is 11.0 Å². The van der Waals surface area contributed by atoms with Gasteiger partial charge in [0.1, 0.15) is 0 Å². The van der Waals surface area contributed by atoms with E-state index in [0.717, 1.165) is 28.9 Å². The fraction of sp³-hybridized carbons (Fsp3) is 0.238. The third-order valence-electron chi connectivity index (χ3n) is 4.59. The molecule has 0 aliphatic heterocycles. The number of nitrogens with two attached hydrogens (primary N) is 1. The Kier molecular flexibility index (Phi) is 6.14. The van der Waals surface area contributed by atoms with Gasteiger partial charge in [0, 0.05) is 43.2 Å². The molecule has 3 rings (SSSR count). The molecule has 0 amide bonds. The summed E-state index contributed by atoms with van der Waals surface area (Å²) in [6.45, 7) is 5.11. The van der Waals surface area contributed by atoms with Crippen LogP contribution in [0.2, 0.25) is 0 Å². The summed E-state index contributed by atoms with van der Waals surface area (Å²) in [5.41, 5.74) is 10.4. The second-order valence-corrected chi connectivity index (χ2v) is 6.51. The molecule has 0 saturated carbocycles. The number of anilines is 1. The number of hydrogen-bond donors (Lipinski definition) is 1. The lowest BCUT2D eigenvalue weighted by molar-refractivity contribution is 0.901. The molecule has 0 radical (unpaired) electrons. The molecule has 1 aromatic carbocycles. The van der Waals surface area contributed by atoms with E-state index in [2.05, 4.69) is 44.9 Å². The zero-order chi connectivity index (χ0) is 19.9. The summed E-state index contributed by atoms with van der Waals surface area (Å²) < 4.78 is 1.85. The summed E-state index contributed by atoms with van der Waals surface area (Å²) >= 11 is 0. The lowest BCUT2D eigenvalue weighted by Crippen LogP contribution is -2.16. The average Bonchev–Trinajstić information content (AvgIpc) is 3.14. The third-order valence-corrected chi connectivity index (χ3v) is 4.59. The molecule has 0 aliphatic carbocycles. The maximum atomic E-state index is 8.95. The molecule has 2 N–H and O–H groups in total. The van der Waals surface area contributed by atoms with Gasteiger partial charge in [-0.15, -0.1) is 0 Å². The highest BCUT2D eigenvalue weighted by atomic mass is 15.2. The normalized spacial score (nSPS) is 12.2. The van der Waals surface area contributed by atoms with Gasteiger partial charge in [-0.2, -0.15) is 10.4 Å². The predicted octanol–water partition coefficient (Wildman–Crippen LogP) is 2.61. The van der Waals surface area contributed by atoms with Crippen LogP contribution in [-0.4, -0.2) is 42.8 Å². The Balaban J connectivity index is 1.87. The second kappa shape index (κ2) is 8.93. The molecular formula is C21H23N7. The Labute approximate surface area is 164 Å². The molecule has 0 saturated heterocycles. The largest absolute Gasteiger partial charge is 0.370 e. The fourth-order valence-electron chi connectivity index (χ4n) is 3.14. The highest BCUT2D eigenvalue weighted by molar-refractivity contribution is 5.74. The molecule has 28 heavy (non-hydrogen) atoms. The highest BCUT2D eigenvalue weighted by Crippen LogP contribution is 2.23. The number of fused-ring (bicyclic) bond motifs is 1. The molecule has 0 bridgehead atoms. The minimum absolute atomic E-state index is 0.00921. The van der Waals surface area contributed by atoms with Crippen LogP contribution in [0.15, 0.2) is 58.8 Å². The van der Waals surface area contributed by atoms with Crippen molar-refractivity contribution in [3.8, 4) is 6.07 Å². The maximum Gasteiger partial charge on any atom is 0.0991 e. The maximum absolute atomic E-state index is 8.95. The zero-order valence-corrected chi connectivity index (χ0v) is 15.9. The Morgan fingerprint density at radius 3 is 2.82 bits per heavy atom. The summed E-state index contributed by atoms with van der Waals surface area (Å²) in [5.74, 6) is -0.00921. The Morgan fingerprint density at radius 1 is 1.36 bits per heavy atom. The van der Waals surface area contributed by atoms with Crippen LogP contribution in [0.25, 0.3) is 5.52 Å². The molecule has 2 aromatic heterocycles.